The Bertz CT molecular complexity index is 75.5. The maximum atomic E-state index is 10.1. The van der Waals surface area contributed by atoms with Crippen LogP contribution in [0, 0.1) is 0 Å². The van der Waals surface area contributed by atoms with Crippen molar-refractivity contribution in [2.75, 3.05) is 0 Å². The zero-order valence-corrected chi connectivity index (χ0v) is 8.06. The molecule has 0 aromatic rings. The second-order valence-corrected chi connectivity index (χ2v) is 0.802. The van der Waals surface area contributed by atoms with Crippen LogP contribution in [0.25, 0.3) is 0 Å². The van der Waals surface area contributed by atoms with Gasteiger partial charge in [-0.2, -0.15) is 8.78 Å². The minimum Gasteiger partial charge on any atom is -1.00 e. The SMILES string of the molecule is C=C.C=C(F)F.C=CCl.[F-].[F-].[F-].[F-].[F-].[F-]. The van der Waals surface area contributed by atoms with Gasteiger partial charge in [0.2, 0.25) is 0 Å². The summed E-state index contributed by atoms with van der Waals surface area (Å²) in [5.74, 6) is 0. The topological polar surface area (TPSA) is 0 Å². The van der Waals surface area contributed by atoms with E-state index in [1.165, 1.54) is 5.54 Å². The molecule has 0 aromatic carbocycles. The molecular weight excluding hydrogens is 260 g/mol. The van der Waals surface area contributed by atoms with Crippen molar-refractivity contribution < 1.29 is 37.0 Å². The lowest BCUT2D eigenvalue weighted by Gasteiger charge is -1.54. The van der Waals surface area contributed by atoms with E-state index in [4.69, 9.17) is 11.6 Å². The Labute approximate surface area is 87.5 Å². The largest absolute Gasteiger partial charge is 1.00 e. The van der Waals surface area contributed by atoms with Crippen LogP contribution >= 0.6 is 11.6 Å². The monoisotopic (exact) mass is 268 g/mol. The molecule has 0 N–H and O–H groups in total. The van der Waals surface area contributed by atoms with E-state index in [-0.39, 0.29) is 28.2 Å². The van der Waals surface area contributed by atoms with Gasteiger partial charge in [0.05, 0.1) is 0 Å². The first-order chi connectivity index (χ1) is 4.15. The van der Waals surface area contributed by atoms with Crippen LogP contribution in [0.15, 0.2) is 37.9 Å². The Balaban J connectivity index is -0.00000000443. The van der Waals surface area contributed by atoms with Crippen LogP contribution in [0.5, 0.6) is 0 Å². The first-order valence-corrected chi connectivity index (χ1v) is 2.29. The van der Waals surface area contributed by atoms with Crippen LogP contribution in [0.3, 0.4) is 0 Å². The van der Waals surface area contributed by atoms with Crippen molar-refractivity contribution in [1.82, 2.24) is 0 Å². The molecule has 0 nitrogen and oxygen atoms in total. The van der Waals surface area contributed by atoms with Gasteiger partial charge >= 0.3 is 0 Å². The normalized spacial score (nSPS) is 2.87. The summed E-state index contributed by atoms with van der Waals surface area (Å²) in [4.78, 5) is 0. The number of hydrogen-bond acceptors (Lipinski definition) is 0. The summed E-state index contributed by atoms with van der Waals surface area (Å²) in [6.45, 7) is 11.3. The predicted octanol–water partition coefficient (Wildman–Crippen LogP) is -14.4. The molecule has 0 unspecified atom stereocenters. The summed E-state index contributed by atoms with van der Waals surface area (Å²) >= 11 is 4.76. The van der Waals surface area contributed by atoms with Crippen molar-refractivity contribution >= 4 is 11.6 Å². The molecule has 0 aliphatic rings. The van der Waals surface area contributed by atoms with Crippen LogP contribution in [0.2, 0.25) is 0 Å². The average Bonchev–Trinajstić information content (AvgIpc) is 1.71. The van der Waals surface area contributed by atoms with E-state index >= 15 is 0 Å². The van der Waals surface area contributed by atoms with Crippen molar-refractivity contribution in [3.63, 3.8) is 0 Å². The van der Waals surface area contributed by atoms with Gasteiger partial charge in [0.25, 0.3) is 6.08 Å². The fraction of sp³-hybridized carbons (Fsp3) is 0. The molecule has 0 atom stereocenters. The number of rotatable bonds is 0. The summed E-state index contributed by atoms with van der Waals surface area (Å²) in [5, 5.41) is 0. The van der Waals surface area contributed by atoms with Crippen molar-refractivity contribution in [3.05, 3.63) is 37.9 Å². The van der Waals surface area contributed by atoms with Crippen LogP contribution in [0.4, 0.5) is 8.78 Å². The molecule has 0 spiro atoms. The molecule has 15 heavy (non-hydrogen) atoms. The summed E-state index contributed by atoms with van der Waals surface area (Å²) in [6, 6.07) is 0. The molecule has 0 radical (unpaired) electrons. The summed E-state index contributed by atoms with van der Waals surface area (Å²) in [7, 11) is 0. The second kappa shape index (κ2) is 213. The first-order valence-electron chi connectivity index (χ1n) is 1.86. The van der Waals surface area contributed by atoms with E-state index in [2.05, 4.69) is 26.3 Å². The Hall–Kier alpha value is -1.05. The van der Waals surface area contributed by atoms with Gasteiger partial charge in [0.1, 0.15) is 0 Å². The molecule has 0 aromatic heterocycles. The third kappa shape index (κ3) is 1410. The zero-order chi connectivity index (χ0) is 8.28. The van der Waals surface area contributed by atoms with Gasteiger partial charge in [0, 0.05) is 0 Å². The lowest BCUT2D eigenvalue weighted by Crippen LogP contribution is -3.00. The minimum absolute atomic E-state index is 0. The van der Waals surface area contributed by atoms with Crippen LogP contribution in [0.1, 0.15) is 0 Å². The van der Waals surface area contributed by atoms with E-state index in [0.29, 0.717) is 0 Å². The van der Waals surface area contributed by atoms with Gasteiger partial charge in [-0.25, -0.2) is 0 Å². The highest BCUT2D eigenvalue weighted by molar-refractivity contribution is 6.25. The molecule has 0 amide bonds. The molecule has 0 aliphatic heterocycles. The lowest BCUT2D eigenvalue weighted by molar-refractivity contribution is -0.00100. The Kier molecular flexibility index (Phi) is 1350. The average molecular weight is 269 g/mol. The molecule has 0 heterocycles. The highest BCUT2D eigenvalue weighted by Crippen LogP contribution is 1.85. The van der Waals surface area contributed by atoms with Crippen LogP contribution < -0.4 is 28.2 Å². The predicted molar refractivity (Wildman–Crippen MR) is 38.7 cm³/mol. The van der Waals surface area contributed by atoms with Crippen LogP contribution in [-0.4, -0.2) is 0 Å². The maximum Gasteiger partial charge on any atom is 0.263 e. The quantitative estimate of drug-likeness (QED) is 0.302. The van der Waals surface area contributed by atoms with Crippen molar-refractivity contribution in [2.45, 2.75) is 0 Å². The number of halogens is 9. The van der Waals surface area contributed by atoms with E-state index in [1.807, 2.05) is 0 Å². The van der Waals surface area contributed by atoms with Crippen molar-refractivity contribution in [1.29, 1.82) is 0 Å². The first kappa shape index (κ1) is 95.5. The summed E-state index contributed by atoms with van der Waals surface area (Å²) in [5.41, 5.74) is 1.22. The minimum atomic E-state index is -1.83. The third-order valence-corrected chi connectivity index (χ3v) is 0. The fourth-order valence-electron chi connectivity index (χ4n) is 0. The molecule has 0 fully saturated rings. The fourth-order valence-corrected chi connectivity index (χ4v) is 0. The third-order valence-electron chi connectivity index (χ3n) is 0. The highest BCUT2D eigenvalue weighted by atomic mass is 35.5. The second-order valence-electron chi connectivity index (χ2n) is 0.493. The molecule has 0 aliphatic carbocycles. The molecule has 0 bridgehead atoms. The van der Waals surface area contributed by atoms with E-state index in [0.717, 1.165) is 0 Å². The van der Waals surface area contributed by atoms with Gasteiger partial charge in [0.15, 0.2) is 0 Å². The van der Waals surface area contributed by atoms with Gasteiger partial charge in [-0.15, -0.1) is 13.2 Å². The van der Waals surface area contributed by atoms with Crippen molar-refractivity contribution in [2.24, 2.45) is 0 Å². The Morgan fingerprint density at radius 3 is 0.867 bits per heavy atom. The van der Waals surface area contributed by atoms with E-state index in [1.54, 1.807) is 0 Å². The zero-order valence-electron chi connectivity index (χ0n) is 7.31. The molecule has 0 saturated carbocycles. The van der Waals surface area contributed by atoms with E-state index in [9.17, 15) is 8.78 Å². The summed E-state index contributed by atoms with van der Waals surface area (Å²) in [6.07, 6.45) is -1.83. The highest BCUT2D eigenvalue weighted by Gasteiger charge is 1.65. The molecular formula is C6H9ClF8-6. The standard InChI is InChI=1S/C2H3Cl.C2H2F2.C2H4.6FH/c1-2-3;1-2(3)4;1-2;;;;;;/h2H,1H2;1H2;1-2H2;6*1H/p-6. The smallest absolute Gasteiger partial charge is 0.263 e. The Morgan fingerprint density at radius 1 is 0.867 bits per heavy atom. The van der Waals surface area contributed by atoms with Gasteiger partial charge in [-0.05, 0) is 12.1 Å². The molecule has 0 rings (SSSR count). The molecule has 102 valence electrons. The van der Waals surface area contributed by atoms with Gasteiger partial charge in [-0.1, -0.05) is 18.2 Å². The Morgan fingerprint density at radius 2 is 0.867 bits per heavy atom. The number of hydrogen-bond donors (Lipinski definition) is 0. The van der Waals surface area contributed by atoms with Gasteiger partial charge < -0.3 is 28.2 Å². The van der Waals surface area contributed by atoms with Gasteiger partial charge in [-0.3, -0.25) is 0 Å². The van der Waals surface area contributed by atoms with Crippen molar-refractivity contribution in [3.8, 4) is 0 Å². The van der Waals surface area contributed by atoms with E-state index < -0.39 is 6.08 Å². The van der Waals surface area contributed by atoms with Crippen LogP contribution in [-0.2, 0) is 0 Å². The summed E-state index contributed by atoms with van der Waals surface area (Å²) < 4.78 is 20.3. The molecule has 0 saturated heterocycles. The molecule has 9 heteroatoms. The lowest BCUT2D eigenvalue weighted by atomic mass is 11.2. The maximum absolute atomic E-state index is 10.1.